The Balaban J connectivity index is 2.69. The van der Waals surface area contributed by atoms with E-state index in [0.29, 0.717) is 5.89 Å². The fraction of sp³-hybridized carbons (Fsp3) is 0.600. The van der Waals surface area contributed by atoms with Gasteiger partial charge in [0, 0.05) is 12.8 Å². The van der Waals surface area contributed by atoms with Crippen molar-refractivity contribution in [3.8, 4) is 0 Å². The molecule has 0 amide bonds. The number of halogens is 1. The van der Waals surface area contributed by atoms with Crippen LogP contribution in [0.5, 0.6) is 0 Å². The van der Waals surface area contributed by atoms with Crippen LogP contribution in [0.2, 0.25) is 0 Å². The van der Waals surface area contributed by atoms with E-state index in [9.17, 15) is 8.42 Å². The van der Waals surface area contributed by atoms with Crippen molar-refractivity contribution >= 4 is 27.6 Å². The average molecular weight is 226 g/mol. The van der Waals surface area contributed by atoms with Crippen molar-refractivity contribution in [2.45, 2.75) is 6.92 Å². The molecule has 0 aliphatic heterocycles. The fourth-order valence-corrected chi connectivity index (χ4v) is 1.89. The second-order valence-electron chi connectivity index (χ2n) is 2.24. The van der Waals surface area contributed by atoms with Gasteiger partial charge in [0.2, 0.25) is 15.9 Å². The standard InChI is InChI=1S/C5H8ClN3O3S/c1-4-7-8-5(12-4)9-13(10,11)3-2-6/h2-3H2,1H3,(H,8,9). The van der Waals surface area contributed by atoms with Crippen molar-refractivity contribution in [2.24, 2.45) is 0 Å². The number of anilines is 1. The quantitative estimate of drug-likeness (QED) is 0.748. The maximum atomic E-state index is 11.1. The zero-order valence-corrected chi connectivity index (χ0v) is 8.39. The minimum Gasteiger partial charge on any atom is -0.408 e. The topological polar surface area (TPSA) is 85.1 Å². The van der Waals surface area contributed by atoms with Crippen LogP contribution in [-0.4, -0.2) is 30.2 Å². The molecule has 0 aromatic carbocycles. The van der Waals surface area contributed by atoms with Gasteiger partial charge in [0.15, 0.2) is 0 Å². The lowest BCUT2D eigenvalue weighted by molar-refractivity contribution is 0.534. The summed E-state index contributed by atoms with van der Waals surface area (Å²) in [5.74, 6) is 0.127. The van der Waals surface area contributed by atoms with Gasteiger partial charge < -0.3 is 4.42 Å². The summed E-state index contributed by atoms with van der Waals surface area (Å²) in [5.41, 5.74) is 0. The van der Waals surface area contributed by atoms with Crippen LogP contribution in [0.1, 0.15) is 5.89 Å². The van der Waals surface area contributed by atoms with Crippen LogP contribution >= 0.6 is 11.6 Å². The fourth-order valence-electron chi connectivity index (χ4n) is 0.623. The first-order valence-corrected chi connectivity index (χ1v) is 5.59. The zero-order valence-electron chi connectivity index (χ0n) is 6.82. The number of rotatable bonds is 4. The molecule has 0 radical (unpaired) electrons. The summed E-state index contributed by atoms with van der Waals surface area (Å²) in [6, 6.07) is -0.136. The van der Waals surface area contributed by atoms with Crippen LogP contribution in [0, 0.1) is 6.92 Å². The zero-order chi connectivity index (χ0) is 9.90. The summed E-state index contributed by atoms with van der Waals surface area (Å²) in [7, 11) is -3.45. The smallest absolute Gasteiger partial charge is 0.329 e. The summed E-state index contributed by atoms with van der Waals surface area (Å²) >= 11 is 5.27. The van der Waals surface area contributed by atoms with Crippen LogP contribution in [-0.2, 0) is 10.0 Å². The summed E-state index contributed by atoms with van der Waals surface area (Å²) in [6.07, 6.45) is 0. The highest BCUT2D eigenvalue weighted by molar-refractivity contribution is 7.92. The summed E-state index contributed by atoms with van der Waals surface area (Å²) in [5, 5.41) is 6.92. The number of aryl methyl sites for hydroxylation is 1. The molecule has 0 atom stereocenters. The van der Waals surface area contributed by atoms with Gasteiger partial charge in [-0.15, -0.1) is 16.7 Å². The third kappa shape index (κ3) is 3.19. The number of alkyl halides is 1. The molecule has 1 heterocycles. The van der Waals surface area contributed by atoms with Gasteiger partial charge in [-0.3, -0.25) is 0 Å². The van der Waals surface area contributed by atoms with Gasteiger partial charge in [0.05, 0.1) is 5.75 Å². The maximum Gasteiger partial charge on any atom is 0.329 e. The van der Waals surface area contributed by atoms with E-state index >= 15 is 0 Å². The number of nitrogens with one attached hydrogen (secondary N) is 1. The highest BCUT2D eigenvalue weighted by atomic mass is 35.5. The molecule has 1 N–H and O–H groups in total. The molecule has 0 fully saturated rings. The molecule has 0 unspecified atom stereocenters. The van der Waals surface area contributed by atoms with E-state index in [-0.39, 0.29) is 17.6 Å². The Labute approximate surface area is 80.3 Å². The Morgan fingerprint density at radius 2 is 2.23 bits per heavy atom. The number of hydrogen-bond donors (Lipinski definition) is 1. The summed E-state index contributed by atoms with van der Waals surface area (Å²) in [6.45, 7) is 1.56. The van der Waals surface area contributed by atoms with Gasteiger partial charge in [-0.2, -0.15) is 0 Å². The third-order valence-corrected chi connectivity index (χ3v) is 2.76. The SMILES string of the molecule is Cc1nnc(NS(=O)(=O)CCCl)o1. The van der Waals surface area contributed by atoms with Crippen molar-refractivity contribution in [3.63, 3.8) is 0 Å². The van der Waals surface area contributed by atoms with Crippen LogP contribution in [0.25, 0.3) is 0 Å². The molecule has 74 valence electrons. The lowest BCUT2D eigenvalue weighted by Crippen LogP contribution is -2.17. The number of hydrogen-bond acceptors (Lipinski definition) is 5. The Bertz CT molecular complexity index is 374. The van der Waals surface area contributed by atoms with E-state index in [2.05, 4.69) is 14.9 Å². The molecule has 0 saturated heterocycles. The van der Waals surface area contributed by atoms with Gasteiger partial charge in [0.1, 0.15) is 0 Å². The van der Waals surface area contributed by atoms with Crippen molar-refractivity contribution in [2.75, 3.05) is 16.4 Å². The number of sulfonamides is 1. The lowest BCUT2D eigenvalue weighted by Gasteiger charge is -1.99. The minimum atomic E-state index is -3.45. The van der Waals surface area contributed by atoms with E-state index in [1.54, 1.807) is 6.92 Å². The molecule has 0 saturated carbocycles. The second kappa shape index (κ2) is 3.93. The first-order valence-electron chi connectivity index (χ1n) is 3.40. The van der Waals surface area contributed by atoms with E-state index in [1.165, 1.54) is 0 Å². The van der Waals surface area contributed by atoms with Crippen LogP contribution in [0.15, 0.2) is 4.42 Å². The molecule has 1 aromatic rings. The molecule has 0 aliphatic rings. The Hall–Kier alpha value is -0.820. The van der Waals surface area contributed by atoms with E-state index < -0.39 is 10.0 Å². The number of aromatic nitrogens is 2. The molecular formula is C5H8ClN3O3S. The first-order chi connectivity index (χ1) is 6.03. The van der Waals surface area contributed by atoms with Gasteiger partial charge in [-0.05, 0) is 0 Å². The molecule has 8 heteroatoms. The van der Waals surface area contributed by atoms with Gasteiger partial charge >= 0.3 is 6.01 Å². The molecule has 6 nitrogen and oxygen atoms in total. The Kier molecular flexibility index (Phi) is 3.10. The summed E-state index contributed by atoms with van der Waals surface area (Å²) < 4.78 is 29.1. The molecule has 0 bridgehead atoms. The van der Waals surface area contributed by atoms with Gasteiger partial charge in [-0.25, -0.2) is 13.1 Å². The van der Waals surface area contributed by atoms with Crippen molar-refractivity contribution in [1.29, 1.82) is 0 Å². The van der Waals surface area contributed by atoms with Gasteiger partial charge in [-0.1, -0.05) is 5.10 Å². The molecule has 0 spiro atoms. The third-order valence-electron chi connectivity index (χ3n) is 1.11. The van der Waals surface area contributed by atoms with Crippen LogP contribution in [0.3, 0.4) is 0 Å². The molecule has 13 heavy (non-hydrogen) atoms. The van der Waals surface area contributed by atoms with E-state index in [4.69, 9.17) is 16.0 Å². The van der Waals surface area contributed by atoms with E-state index in [0.717, 1.165) is 0 Å². The Morgan fingerprint density at radius 3 is 2.69 bits per heavy atom. The average Bonchev–Trinajstić information content (AvgIpc) is 2.34. The highest BCUT2D eigenvalue weighted by Gasteiger charge is 2.12. The normalized spacial score (nSPS) is 11.5. The predicted octanol–water partition coefficient (Wildman–Crippen LogP) is 0.359. The van der Waals surface area contributed by atoms with Crippen molar-refractivity contribution in [1.82, 2.24) is 10.2 Å². The largest absolute Gasteiger partial charge is 0.408 e. The van der Waals surface area contributed by atoms with Crippen LogP contribution in [0.4, 0.5) is 6.01 Å². The lowest BCUT2D eigenvalue weighted by atomic mass is 10.8. The number of nitrogens with zero attached hydrogens (tertiary/aromatic N) is 2. The van der Waals surface area contributed by atoms with Crippen molar-refractivity contribution in [3.05, 3.63) is 5.89 Å². The summed E-state index contributed by atoms with van der Waals surface area (Å²) in [4.78, 5) is 0. The highest BCUT2D eigenvalue weighted by Crippen LogP contribution is 2.06. The first kappa shape index (κ1) is 10.3. The predicted molar refractivity (Wildman–Crippen MR) is 47.2 cm³/mol. The second-order valence-corrected chi connectivity index (χ2v) is 4.46. The van der Waals surface area contributed by atoms with Crippen molar-refractivity contribution < 1.29 is 12.8 Å². The minimum absolute atomic E-state index is 0.0163. The monoisotopic (exact) mass is 225 g/mol. The molecule has 0 aliphatic carbocycles. The van der Waals surface area contributed by atoms with E-state index in [1.807, 2.05) is 0 Å². The van der Waals surface area contributed by atoms with Gasteiger partial charge in [0.25, 0.3) is 0 Å². The molecular weight excluding hydrogens is 218 g/mol. The molecule has 1 rings (SSSR count). The maximum absolute atomic E-state index is 11.1. The van der Waals surface area contributed by atoms with Crippen LogP contribution < -0.4 is 4.72 Å². The molecule has 1 aromatic heterocycles. The Morgan fingerprint density at radius 1 is 1.54 bits per heavy atom.